The number of hydrogen-bond donors (Lipinski definition) is 1. The highest BCUT2D eigenvalue weighted by atomic mass is 19.1. The minimum Gasteiger partial charge on any atom is -0.379 e. The van der Waals surface area contributed by atoms with Crippen LogP contribution in [0, 0.1) is 5.82 Å². The lowest BCUT2D eigenvalue weighted by molar-refractivity contribution is -0.121. The largest absolute Gasteiger partial charge is 0.379 e. The SMILES string of the molecule is CN(C)C(=O)C(N)=NC1=NCCOC1c1ccccc1F. The molecule has 0 aliphatic carbocycles. The number of aliphatic imine (C=N–C) groups is 2. The number of hydrogen-bond acceptors (Lipinski definition) is 4. The molecule has 0 radical (unpaired) electrons. The van der Waals surface area contributed by atoms with Crippen molar-refractivity contribution >= 4 is 17.6 Å². The molecule has 1 unspecified atom stereocenters. The van der Waals surface area contributed by atoms with Crippen LogP contribution in [0.2, 0.25) is 0 Å². The number of nitrogens with two attached hydrogens (primary N) is 1. The molecule has 21 heavy (non-hydrogen) atoms. The van der Waals surface area contributed by atoms with Gasteiger partial charge in [-0.3, -0.25) is 9.79 Å². The third-order valence-corrected chi connectivity index (χ3v) is 2.93. The van der Waals surface area contributed by atoms with Gasteiger partial charge < -0.3 is 15.4 Å². The number of ether oxygens (including phenoxy) is 1. The fourth-order valence-electron chi connectivity index (χ4n) is 1.90. The molecular weight excluding hydrogens is 275 g/mol. The summed E-state index contributed by atoms with van der Waals surface area (Å²) < 4.78 is 19.4. The van der Waals surface area contributed by atoms with Gasteiger partial charge in [-0.2, -0.15) is 0 Å². The van der Waals surface area contributed by atoms with E-state index in [4.69, 9.17) is 10.5 Å². The van der Waals surface area contributed by atoms with Crippen LogP contribution in [0.5, 0.6) is 0 Å². The summed E-state index contributed by atoms with van der Waals surface area (Å²) in [5.41, 5.74) is 5.98. The van der Waals surface area contributed by atoms with E-state index in [-0.39, 0.29) is 11.7 Å². The Morgan fingerprint density at radius 3 is 2.86 bits per heavy atom. The van der Waals surface area contributed by atoms with Crippen LogP contribution in [0.25, 0.3) is 0 Å². The van der Waals surface area contributed by atoms with Crippen molar-refractivity contribution in [2.75, 3.05) is 27.2 Å². The summed E-state index contributed by atoms with van der Waals surface area (Å²) in [6.45, 7) is 0.757. The Bertz CT molecular complexity index is 598. The lowest BCUT2D eigenvalue weighted by atomic mass is 10.1. The molecule has 0 bridgehead atoms. The number of halogens is 1. The average molecular weight is 292 g/mol. The van der Waals surface area contributed by atoms with Gasteiger partial charge in [0.05, 0.1) is 13.2 Å². The first-order valence-electron chi connectivity index (χ1n) is 6.47. The van der Waals surface area contributed by atoms with Gasteiger partial charge in [-0.1, -0.05) is 18.2 Å². The fourth-order valence-corrected chi connectivity index (χ4v) is 1.90. The first-order valence-corrected chi connectivity index (χ1v) is 6.47. The van der Waals surface area contributed by atoms with Gasteiger partial charge in [0.2, 0.25) is 0 Å². The molecular formula is C14H17FN4O2. The van der Waals surface area contributed by atoms with Gasteiger partial charge >= 0.3 is 0 Å². The third kappa shape index (κ3) is 3.43. The summed E-state index contributed by atoms with van der Waals surface area (Å²) in [5, 5.41) is 0. The van der Waals surface area contributed by atoms with Crippen molar-refractivity contribution in [3.63, 3.8) is 0 Å². The zero-order chi connectivity index (χ0) is 15.4. The molecule has 1 aromatic rings. The van der Waals surface area contributed by atoms with Crippen molar-refractivity contribution in [1.29, 1.82) is 0 Å². The van der Waals surface area contributed by atoms with E-state index >= 15 is 0 Å². The quantitative estimate of drug-likeness (QED) is 0.612. The van der Waals surface area contributed by atoms with E-state index in [0.29, 0.717) is 18.7 Å². The number of nitrogens with zero attached hydrogens (tertiary/aromatic N) is 3. The molecule has 2 N–H and O–H groups in total. The van der Waals surface area contributed by atoms with Crippen LogP contribution in [0.1, 0.15) is 11.7 Å². The van der Waals surface area contributed by atoms with Gasteiger partial charge in [0.25, 0.3) is 5.91 Å². The summed E-state index contributed by atoms with van der Waals surface area (Å²) in [6.07, 6.45) is -0.756. The van der Waals surface area contributed by atoms with E-state index in [1.165, 1.54) is 11.0 Å². The van der Waals surface area contributed by atoms with E-state index < -0.39 is 17.8 Å². The van der Waals surface area contributed by atoms with Crippen molar-refractivity contribution in [3.8, 4) is 0 Å². The molecule has 1 aliphatic heterocycles. The zero-order valence-corrected chi connectivity index (χ0v) is 11.9. The van der Waals surface area contributed by atoms with Crippen molar-refractivity contribution in [3.05, 3.63) is 35.6 Å². The van der Waals surface area contributed by atoms with Crippen LogP contribution in [0.4, 0.5) is 4.39 Å². The van der Waals surface area contributed by atoms with Gasteiger partial charge in [-0.05, 0) is 6.07 Å². The lowest BCUT2D eigenvalue weighted by Crippen LogP contribution is -2.37. The average Bonchev–Trinajstić information content (AvgIpc) is 2.47. The van der Waals surface area contributed by atoms with Gasteiger partial charge in [-0.15, -0.1) is 0 Å². The first kappa shape index (κ1) is 15.1. The lowest BCUT2D eigenvalue weighted by Gasteiger charge is -2.22. The molecule has 0 fully saturated rings. The second-order valence-electron chi connectivity index (χ2n) is 4.71. The molecule has 2 rings (SSSR count). The summed E-state index contributed by atoms with van der Waals surface area (Å²) in [5.74, 6) is -0.843. The number of carbonyl (C=O) groups is 1. The Labute approximate surface area is 122 Å². The summed E-state index contributed by atoms with van der Waals surface area (Å²) in [6, 6.07) is 6.22. The predicted octanol–water partition coefficient (Wildman–Crippen LogP) is 0.741. The summed E-state index contributed by atoms with van der Waals surface area (Å²) in [7, 11) is 3.14. The van der Waals surface area contributed by atoms with Gasteiger partial charge in [0.1, 0.15) is 11.9 Å². The molecule has 0 spiro atoms. The molecule has 1 aliphatic rings. The standard InChI is InChI=1S/C14H17FN4O2/c1-19(2)14(20)12(16)18-13-11(21-8-7-17-13)9-5-3-4-6-10(9)15/h3-6,11H,7-8H2,1-2H3,(H2,16,17,18). The highest BCUT2D eigenvalue weighted by Gasteiger charge is 2.25. The molecule has 7 heteroatoms. The van der Waals surface area contributed by atoms with E-state index in [2.05, 4.69) is 9.98 Å². The summed E-state index contributed by atoms with van der Waals surface area (Å²) in [4.78, 5) is 21.2. The Morgan fingerprint density at radius 2 is 2.19 bits per heavy atom. The van der Waals surface area contributed by atoms with Crippen LogP contribution < -0.4 is 5.73 Å². The molecule has 0 aromatic heterocycles. The minimum absolute atomic E-state index is 0.203. The number of likely N-dealkylation sites (N-methyl/N-ethyl adjacent to an activating group) is 1. The van der Waals surface area contributed by atoms with Gasteiger partial charge in [0, 0.05) is 19.7 Å². The third-order valence-electron chi connectivity index (χ3n) is 2.93. The topological polar surface area (TPSA) is 80.3 Å². The number of amides is 1. The molecule has 6 nitrogen and oxygen atoms in total. The number of benzene rings is 1. The molecule has 0 saturated carbocycles. The fraction of sp³-hybridized carbons (Fsp3) is 0.357. The highest BCUT2D eigenvalue weighted by Crippen LogP contribution is 2.25. The number of rotatable bonds is 1. The predicted molar refractivity (Wildman–Crippen MR) is 77.7 cm³/mol. The maximum Gasteiger partial charge on any atom is 0.288 e. The summed E-state index contributed by atoms with van der Waals surface area (Å²) >= 11 is 0. The van der Waals surface area contributed by atoms with Gasteiger partial charge in [-0.25, -0.2) is 9.38 Å². The molecule has 1 heterocycles. The number of amidine groups is 2. The zero-order valence-electron chi connectivity index (χ0n) is 11.9. The van der Waals surface area contributed by atoms with Crippen LogP contribution in [0.15, 0.2) is 34.3 Å². The first-order chi connectivity index (χ1) is 10.0. The number of carbonyl (C=O) groups excluding carboxylic acids is 1. The molecule has 1 atom stereocenters. The van der Waals surface area contributed by atoms with Crippen LogP contribution >= 0.6 is 0 Å². The maximum atomic E-state index is 13.9. The Kier molecular flexibility index (Phi) is 4.64. The van der Waals surface area contributed by atoms with Crippen molar-refractivity contribution in [2.45, 2.75) is 6.10 Å². The monoisotopic (exact) mass is 292 g/mol. The van der Waals surface area contributed by atoms with E-state index in [1.807, 2.05) is 0 Å². The van der Waals surface area contributed by atoms with Crippen LogP contribution in [-0.4, -0.2) is 49.7 Å². The van der Waals surface area contributed by atoms with Crippen molar-refractivity contribution < 1.29 is 13.9 Å². The Morgan fingerprint density at radius 1 is 1.48 bits per heavy atom. The van der Waals surface area contributed by atoms with Gasteiger partial charge in [0.15, 0.2) is 11.7 Å². The molecule has 1 amide bonds. The second-order valence-corrected chi connectivity index (χ2v) is 4.71. The second kappa shape index (κ2) is 6.45. The molecule has 112 valence electrons. The minimum atomic E-state index is -0.756. The van der Waals surface area contributed by atoms with E-state index in [0.717, 1.165) is 0 Å². The Balaban J connectivity index is 2.33. The maximum absolute atomic E-state index is 13.9. The van der Waals surface area contributed by atoms with Crippen LogP contribution in [-0.2, 0) is 9.53 Å². The molecule has 0 saturated heterocycles. The van der Waals surface area contributed by atoms with Crippen molar-refractivity contribution in [2.24, 2.45) is 15.7 Å². The normalized spacial score (nSPS) is 19.1. The molecule has 1 aromatic carbocycles. The van der Waals surface area contributed by atoms with E-state index in [9.17, 15) is 9.18 Å². The highest BCUT2D eigenvalue weighted by molar-refractivity contribution is 6.38. The van der Waals surface area contributed by atoms with Crippen LogP contribution in [0.3, 0.4) is 0 Å². The van der Waals surface area contributed by atoms with E-state index in [1.54, 1.807) is 32.3 Å². The smallest absolute Gasteiger partial charge is 0.288 e. The Hall–Kier alpha value is -2.28. The van der Waals surface area contributed by atoms with Crippen molar-refractivity contribution in [1.82, 2.24) is 4.90 Å².